The second-order valence-corrected chi connectivity index (χ2v) is 11.4. The van der Waals surface area contributed by atoms with E-state index in [9.17, 15) is 13.3 Å². The van der Waals surface area contributed by atoms with Crippen molar-refractivity contribution in [1.82, 2.24) is 24.8 Å². The summed E-state index contributed by atoms with van der Waals surface area (Å²) in [6, 6.07) is 10.5. The molecule has 1 aliphatic rings. The lowest BCUT2D eigenvalue weighted by Crippen LogP contribution is -2.27. The first-order chi connectivity index (χ1) is 18.8. The molecule has 0 saturated carbocycles. The summed E-state index contributed by atoms with van der Waals surface area (Å²) in [4.78, 5) is 32.1. The number of nitrogens with one attached hydrogen (secondary N) is 1. The second kappa shape index (κ2) is 10.6. The zero-order chi connectivity index (χ0) is 28.8. The van der Waals surface area contributed by atoms with Crippen LogP contribution in [-0.2, 0) is 21.2 Å². The predicted octanol–water partition coefficient (Wildman–Crippen LogP) is 5.16. The first-order valence-corrected chi connectivity index (χ1v) is 14.2. The number of phosphoric ester groups is 1. The standard InChI is InChI=1S/C26H26F2N5O5PS/c1-14-17(5-4-6-21(14)37-25(27)28)23(40)32-19-9-10-33-20-11-15(7-8-18(20)31-22(19)33)16-12-29-24(30-13-16)26(2,3)38-39(34,35)36/h4-8,11-13,19,25H,9-10H2,1-3H3,(H,32,40)(H2,34,35,36)/t19-/m1/s1. The Kier molecular flexibility index (Phi) is 7.45. The molecule has 3 heterocycles. The fourth-order valence-electron chi connectivity index (χ4n) is 4.79. The number of hydrogen-bond donors (Lipinski definition) is 3. The Hall–Kier alpha value is -3.35. The van der Waals surface area contributed by atoms with Crippen LogP contribution in [0.25, 0.3) is 22.2 Å². The summed E-state index contributed by atoms with van der Waals surface area (Å²) in [7, 11) is -4.73. The van der Waals surface area contributed by atoms with Crippen molar-refractivity contribution in [3.8, 4) is 16.9 Å². The number of ether oxygens (including phenoxy) is 1. The van der Waals surface area contributed by atoms with Gasteiger partial charge in [0.2, 0.25) is 0 Å². The van der Waals surface area contributed by atoms with E-state index in [0.717, 1.165) is 28.8 Å². The summed E-state index contributed by atoms with van der Waals surface area (Å²) in [5, 5.41) is 3.33. The number of hydrogen-bond acceptors (Lipinski definition) is 7. The molecule has 0 saturated heterocycles. The van der Waals surface area contributed by atoms with Gasteiger partial charge in [-0.1, -0.05) is 30.4 Å². The minimum atomic E-state index is -4.73. The zero-order valence-electron chi connectivity index (χ0n) is 21.7. The summed E-state index contributed by atoms with van der Waals surface area (Å²) in [5.74, 6) is 1.03. The minimum Gasteiger partial charge on any atom is -0.435 e. The van der Waals surface area contributed by atoms with E-state index >= 15 is 0 Å². The SMILES string of the molecule is Cc1c(OC(F)F)cccc1C(=S)N[C@@H]1CCn2c1nc1ccc(-c3cnc(C(C)(C)OP(=O)(O)O)nc3)cc12. The first kappa shape index (κ1) is 28.2. The Morgan fingerprint density at radius 3 is 2.60 bits per heavy atom. The van der Waals surface area contributed by atoms with Crippen LogP contribution in [0.5, 0.6) is 5.75 Å². The molecule has 0 spiro atoms. The largest absolute Gasteiger partial charge is 0.470 e. The van der Waals surface area contributed by atoms with Crippen LogP contribution < -0.4 is 10.1 Å². The lowest BCUT2D eigenvalue weighted by Gasteiger charge is -2.23. The van der Waals surface area contributed by atoms with Gasteiger partial charge in [0.25, 0.3) is 0 Å². The number of benzene rings is 2. The number of rotatable bonds is 8. The molecule has 10 nitrogen and oxygen atoms in total. The fourth-order valence-corrected chi connectivity index (χ4v) is 5.83. The molecule has 0 fully saturated rings. The quantitative estimate of drug-likeness (QED) is 0.187. The molecule has 4 aromatic rings. The smallest absolute Gasteiger partial charge is 0.435 e. The Bertz CT molecular complexity index is 1640. The monoisotopic (exact) mass is 589 g/mol. The third kappa shape index (κ3) is 5.74. The maximum atomic E-state index is 12.8. The molecule has 1 aliphatic heterocycles. The van der Waals surface area contributed by atoms with Crippen LogP contribution in [0.15, 0.2) is 48.8 Å². The van der Waals surface area contributed by atoms with E-state index in [1.165, 1.54) is 19.9 Å². The topological polar surface area (TPSA) is 132 Å². The van der Waals surface area contributed by atoms with Crippen LogP contribution in [0, 0.1) is 6.92 Å². The molecule has 5 rings (SSSR count). The molecule has 0 unspecified atom stereocenters. The number of phosphoric acid groups is 1. The number of aryl methyl sites for hydroxylation is 1. The molecular formula is C26H26F2N5O5PS. The van der Waals surface area contributed by atoms with Gasteiger partial charge < -0.3 is 24.4 Å². The number of aromatic nitrogens is 4. The van der Waals surface area contributed by atoms with Gasteiger partial charge in [-0.25, -0.2) is 19.5 Å². The molecule has 3 N–H and O–H groups in total. The van der Waals surface area contributed by atoms with Gasteiger partial charge >= 0.3 is 14.4 Å². The van der Waals surface area contributed by atoms with Crippen LogP contribution in [0.3, 0.4) is 0 Å². The number of fused-ring (bicyclic) bond motifs is 3. The van der Waals surface area contributed by atoms with Gasteiger partial charge in [-0.3, -0.25) is 4.52 Å². The predicted molar refractivity (Wildman–Crippen MR) is 147 cm³/mol. The highest BCUT2D eigenvalue weighted by molar-refractivity contribution is 7.80. The van der Waals surface area contributed by atoms with Crippen molar-refractivity contribution in [2.45, 2.75) is 52.0 Å². The van der Waals surface area contributed by atoms with Crippen molar-refractivity contribution in [2.24, 2.45) is 0 Å². The first-order valence-electron chi connectivity index (χ1n) is 12.3. The molecule has 210 valence electrons. The van der Waals surface area contributed by atoms with Crippen molar-refractivity contribution >= 4 is 36.1 Å². The lowest BCUT2D eigenvalue weighted by atomic mass is 10.1. The molecule has 0 radical (unpaired) electrons. The van der Waals surface area contributed by atoms with Gasteiger partial charge in [-0.05, 0) is 51.0 Å². The Morgan fingerprint density at radius 2 is 1.93 bits per heavy atom. The van der Waals surface area contributed by atoms with Gasteiger partial charge in [-0.15, -0.1) is 0 Å². The number of thiocarbonyl (C=S) groups is 1. The van der Waals surface area contributed by atoms with Crippen LogP contribution >= 0.6 is 20.0 Å². The lowest BCUT2D eigenvalue weighted by molar-refractivity contribution is -0.0503. The van der Waals surface area contributed by atoms with Crippen LogP contribution in [0.2, 0.25) is 0 Å². The van der Waals surface area contributed by atoms with Crippen LogP contribution in [0.4, 0.5) is 8.78 Å². The molecular weight excluding hydrogens is 563 g/mol. The summed E-state index contributed by atoms with van der Waals surface area (Å²) in [5.41, 5.74) is 3.03. The number of alkyl halides is 2. The van der Waals surface area contributed by atoms with E-state index in [0.29, 0.717) is 28.2 Å². The van der Waals surface area contributed by atoms with Crippen LogP contribution in [0.1, 0.15) is 49.1 Å². The van der Waals surface area contributed by atoms with Gasteiger partial charge in [-0.2, -0.15) is 8.78 Å². The highest BCUT2D eigenvalue weighted by atomic mass is 32.1. The average molecular weight is 590 g/mol. The number of halogens is 2. The van der Waals surface area contributed by atoms with Crippen molar-refractivity contribution in [1.29, 1.82) is 0 Å². The summed E-state index contributed by atoms with van der Waals surface area (Å²) in [6.45, 7) is 2.43. The molecule has 1 atom stereocenters. The second-order valence-electron chi connectivity index (χ2n) is 9.83. The Morgan fingerprint density at radius 1 is 1.20 bits per heavy atom. The number of nitrogens with zero attached hydrogens (tertiary/aromatic N) is 4. The van der Waals surface area contributed by atoms with E-state index in [4.69, 9.17) is 31.5 Å². The molecule has 14 heteroatoms. The normalized spacial score (nSPS) is 15.4. The number of imidazole rings is 1. The van der Waals surface area contributed by atoms with Gasteiger partial charge in [0, 0.05) is 35.6 Å². The van der Waals surface area contributed by atoms with E-state index in [1.54, 1.807) is 31.5 Å². The molecule has 0 aliphatic carbocycles. The Balaban J connectivity index is 1.37. The van der Waals surface area contributed by atoms with Crippen molar-refractivity contribution in [2.75, 3.05) is 0 Å². The third-order valence-corrected chi connectivity index (χ3v) is 7.68. The molecule has 0 bridgehead atoms. The summed E-state index contributed by atoms with van der Waals surface area (Å²) < 4.78 is 48.4. The zero-order valence-corrected chi connectivity index (χ0v) is 23.4. The maximum Gasteiger partial charge on any atom is 0.470 e. The van der Waals surface area contributed by atoms with Crippen molar-refractivity contribution in [3.05, 3.63) is 71.6 Å². The molecule has 0 amide bonds. The average Bonchev–Trinajstić information content (AvgIpc) is 3.43. The van der Waals surface area contributed by atoms with Gasteiger partial charge in [0.1, 0.15) is 22.2 Å². The van der Waals surface area contributed by atoms with Crippen molar-refractivity contribution in [3.63, 3.8) is 0 Å². The van der Waals surface area contributed by atoms with E-state index in [2.05, 4.69) is 24.6 Å². The van der Waals surface area contributed by atoms with E-state index in [1.807, 2.05) is 18.2 Å². The highest BCUT2D eigenvalue weighted by Gasteiger charge is 2.33. The highest BCUT2D eigenvalue weighted by Crippen LogP contribution is 2.44. The van der Waals surface area contributed by atoms with Crippen molar-refractivity contribution < 1.29 is 32.4 Å². The molecule has 2 aromatic carbocycles. The minimum absolute atomic E-state index is 0.0812. The Labute approximate surface area is 233 Å². The van der Waals surface area contributed by atoms with E-state index < -0.39 is 20.0 Å². The van der Waals surface area contributed by atoms with E-state index in [-0.39, 0.29) is 17.6 Å². The molecule has 40 heavy (non-hydrogen) atoms. The van der Waals surface area contributed by atoms with Gasteiger partial charge in [0.05, 0.1) is 17.1 Å². The summed E-state index contributed by atoms with van der Waals surface area (Å²) in [6.07, 6.45) is 3.89. The van der Waals surface area contributed by atoms with Gasteiger partial charge in [0.15, 0.2) is 5.82 Å². The molecule has 2 aromatic heterocycles. The fraction of sp³-hybridized carbons (Fsp3) is 0.308. The van der Waals surface area contributed by atoms with Crippen LogP contribution in [-0.4, -0.2) is 40.9 Å². The summed E-state index contributed by atoms with van der Waals surface area (Å²) >= 11 is 5.62. The maximum absolute atomic E-state index is 12.8. The third-order valence-electron chi connectivity index (χ3n) is 6.65.